The van der Waals surface area contributed by atoms with Crippen LogP contribution < -0.4 is 15.0 Å². The highest BCUT2D eigenvalue weighted by Crippen LogP contribution is 2.37. The molecule has 152 valence electrons. The summed E-state index contributed by atoms with van der Waals surface area (Å²) in [4.78, 5) is 29.4. The van der Waals surface area contributed by atoms with Crippen LogP contribution in [0.15, 0.2) is 41.8 Å². The van der Waals surface area contributed by atoms with Gasteiger partial charge in [-0.15, -0.1) is 11.3 Å². The van der Waals surface area contributed by atoms with E-state index in [1.807, 2.05) is 22.1 Å². The predicted octanol–water partition coefficient (Wildman–Crippen LogP) is 2.89. The number of benzene rings is 1. The molecule has 7 nitrogen and oxygen atoms in total. The van der Waals surface area contributed by atoms with Crippen LogP contribution >= 0.6 is 11.3 Å². The van der Waals surface area contributed by atoms with Gasteiger partial charge in [-0.2, -0.15) is 0 Å². The van der Waals surface area contributed by atoms with Crippen molar-refractivity contribution in [3.63, 3.8) is 0 Å². The molecule has 1 aliphatic heterocycles. The van der Waals surface area contributed by atoms with Crippen molar-refractivity contribution < 1.29 is 19.1 Å². The van der Waals surface area contributed by atoms with Crippen LogP contribution in [-0.2, 0) is 16.1 Å². The van der Waals surface area contributed by atoms with Crippen LogP contribution in [0.3, 0.4) is 0 Å². The van der Waals surface area contributed by atoms with E-state index in [1.165, 1.54) is 0 Å². The molecule has 0 spiro atoms. The maximum Gasteiger partial charge on any atom is 0.275 e. The Labute approximate surface area is 172 Å². The topological polar surface area (TPSA) is 72.8 Å². The van der Waals surface area contributed by atoms with Gasteiger partial charge < -0.3 is 19.4 Å². The van der Waals surface area contributed by atoms with Gasteiger partial charge in [0.2, 0.25) is 5.91 Å². The lowest BCUT2D eigenvalue weighted by Crippen LogP contribution is -2.64. The van der Waals surface area contributed by atoms with Crippen LogP contribution in [-0.4, -0.2) is 49.3 Å². The monoisotopic (exact) mass is 413 g/mol. The van der Waals surface area contributed by atoms with Gasteiger partial charge in [-0.05, 0) is 48.7 Å². The lowest BCUT2D eigenvalue weighted by atomic mass is 9.93. The second-order valence-corrected chi connectivity index (χ2v) is 8.05. The zero-order chi connectivity index (χ0) is 20.6. The highest BCUT2D eigenvalue weighted by atomic mass is 32.1. The van der Waals surface area contributed by atoms with Crippen molar-refractivity contribution in [3.8, 4) is 5.75 Å². The van der Waals surface area contributed by atoms with Gasteiger partial charge in [-0.1, -0.05) is 0 Å². The average Bonchev–Trinajstić information content (AvgIpc) is 3.31. The minimum Gasteiger partial charge on any atom is -0.497 e. The standard InChI is InChI=1S/C21H23N3O4S/c1-21(20(26)22-9-10-27-2)13-23-17(12-14-8-11-29-19(14)23)18(25)24(21)15-4-6-16(28-3)7-5-15/h4-8,11-12H,9-10,13H2,1-3H3,(H,22,26)/t21-/m1/s1. The summed E-state index contributed by atoms with van der Waals surface area (Å²) in [7, 11) is 3.18. The van der Waals surface area contributed by atoms with Crippen LogP contribution in [0.2, 0.25) is 0 Å². The van der Waals surface area contributed by atoms with Crippen molar-refractivity contribution in [2.75, 3.05) is 32.3 Å². The molecule has 0 saturated carbocycles. The van der Waals surface area contributed by atoms with Crippen molar-refractivity contribution >= 4 is 39.1 Å². The molecule has 3 heterocycles. The number of methoxy groups -OCH3 is 2. The second-order valence-electron chi connectivity index (χ2n) is 7.16. The molecule has 0 saturated heterocycles. The summed E-state index contributed by atoms with van der Waals surface area (Å²) in [6.07, 6.45) is 0. The van der Waals surface area contributed by atoms with Gasteiger partial charge in [0.15, 0.2) is 0 Å². The smallest absolute Gasteiger partial charge is 0.275 e. The van der Waals surface area contributed by atoms with Crippen molar-refractivity contribution in [1.82, 2.24) is 9.88 Å². The van der Waals surface area contributed by atoms with E-state index in [1.54, 1.807) is 61.6 Å². The highest BCUT2D eigenvalue weighted by molar-refractivity contribution is 7.16. The molecule has 2 aromatic heterocycles. The number of fused-ring (bicyclic) bond motifs is 3. The quantitative estimate of drug-likeness (QED) is 0.631. The van der Waals surface area contributed by atoms with E-state index in [2.05, 4.69) is 5.32 Å². The third-order valence-electron chi connectivity index (χ3n) is 5.30. The summed E-state index contributed by atoms with van der Waals surface area (Å²) in [5.41, 5.74) is 0.142. The molecule has 29 heavy (non-hydrogen) atoms. The number of hydrogen-bond donors (Lipinski definition) is 1. The van der Waals surface area contributed by atoms with Gasteiger partial charge in [-0.25, -0.2) is 0 Å². The Kier molecular flexibility index (Phi) is 5.06. The van der Waals surface area contributed by atoms with Gasteiger partial charge in [0.05, 0.1) is 20.3 Å². The van der Waals surface area contributed by atoms with Gasteiger partial charge in [0.25, 0.3) is 5.91 Å². The largest absolute Gasteiger partial charge is 0.497 e. The second kappa shape index (κ2) is 7.53. The first-order valence-corrected chi connectivity index (χ1v) is 10.2. The fourth-order valence-electron chi connectivity index (χ4n) is 3.79. The Morgan fingerprint density at radius 1 is 1.24 bits per heavy atom. The number of carbonyl (C=O) groups excluding carboxylic acids is 2. The summed E-state index contributed by atoms with van der Waals surface area (Å²) < 4.78 is 12.2. The maximum atomic E-state index is 13.6. The molecule has 1 N–H and O–H groups in total. The molecule has 0 fully saturated rings. The van der Waals surface area contributed by atoms with Crippen LogP contribution in [0.5, 0.6) is 5.75 Å². The SMILES string of the molecule is COCCNC(=O)[C@@]1(C)Cn2c(cc3ccsc32)C(=O)N1c1ccc(OC)cc1. The summed E-state index contributed by atoms with van der Waals surface area (Å²) in [5.74, 6) is 0.269. The molecule has 1 aromatic carbocycles. The number of carbonyl (C=O) groups is 2. The molecule has 2 amide bonds. The Morgan fingerprint density at radius 2 is 2.00 bits per heavy atom. The Hall–Kier alpha value is -2.84. The normalized spacial score (nSPS) is 18.7. The predicted molar refractivity (Wildman–Crippen MR) is 113 cm³/mol. The van der Waals surface area contributed by atoms with E-state index in [-0.39, 0.29) is 11.8 Å². The summed E-state index contributed by atoms with van der Waals surface area (Å²) in [6.45, 7) is 2.95. The molecular weight excluding hydrogens is 390 g/mol. The fourth-order valence-corrected chi connectivity index (χ4v) is 4.69. The first-order chi connectivity index (χ1) is 14.0. The molecule has 3 aromatic rings. The number of ether oxygens (including phenoxy) is 2. The zero-order valence-corrected chi connectivity index (χ0v) is 17.4. The van der Waals surface area contributed by atoms with Crippen LogP contribution in [0.4, 0.5) is 5.69 Å². The number of nitrogens with zero attached hydrogens (tertiary/aromatic N) is 2. The maximum absolute atomic E-state index is 13.6. The van der Waals surface area contributed by atoms with Crippen molar-refractivity contribution in [1.29, 1.82) is 0 Å². The Balaban J connectivity index is 1.80. The highest BCUT2D eigenvalue weighted by Gasteiger charge is 2.48. The molecule has 0 aliphatic carbocycles. The van der Waals surface area contributed by atoms with E-state index in [0.717, 1.165) is 10.2 Å². The number of nitrogens with one attached hydrogen (secondary N) is 1. The number of anilines is 1. The molecule has 0 radical (unpaired) electrons. The van der Waals surface area contributed by atoms with E-state index >= 15 is 0 Å². The lowest BCUT2D eigenvalue weighted by molar-refractivity contribution is -0.126. The van der Waals surface area contributed by atoms with Crippen molar-refractivity contribution in [3.05, 3.63) is 47.5 Å². The summed E-state index contributed by atoms with van der Waals surface area (Å²) >= 11 is 1.57. The number of aromatic nitrogens is 1. The third-order valence-corrected chi connectivity index (χ3v) is 6.25. The third kappa shape index (κ3) is 3.18. The van der Waals surface area contributed by atoms with Gasteiger partial charge in [-0.3, -0.25) is 14.5 Å². The number of thiophene rings is 1. The molecule has 1 atom stereocenters. The van der Waals surface area contributed by atoms with Gasteiger partial charge >= 0.3 is 0 Å². The molecule has 0 unspecified atom stereocenters. The summed E-state index contributed by atoms with van der Waals surface area (Å²) in [5, 5.41) is 5.91. The van der Waals surface area contributed by atoms with Crippen LogP contribution in [0.1, 0.15) is 17.4 Å². The zero-order valence-electron chi connectivity index (χ0n) is 16.6. The molecule has 8 heteroatoms. The molecular formula is C21H23N3O4S. The fraction of sp³-hybridized carbons (Fsp3) is 0.333. The van der Waals surface area contributed by atoms with E-state index in [4.69, 9.17) is 9.47 Å². The first kappa shape index (κ1) is 19.5. The van der Waals surface area contributed by atoms with E-state index < -0.39 is 5.54 Å². The van der Waals surface area contributed by atoms with E-state index in [0.29, 0.717) is 36.8 Å². The average molecular weight is 413 g/mol. The number of hydrogen-bond acceptors (Lipinski definition) is 5. The Bertz CT molecular complexity index is 1060. The van der Waals surface area contributed by atoms with Crippen molar-refractivity contribution in [2.45, 2.75) is 19.0 Å². The van der Waals surface area contributed by atoms with Crippen LogP contribution in [0.25, 0.3) is 10.2 Å². The lowest BCUT2D eigenvalue weighted by Gasteiger charge is -2.44. The first-order valence-electron chi connectivity index (χ1n) is 9.32. The molecule has 1 aliphatic rings. The number of rotatable bonds is 6. The van der Waals surface area contributed by atoms with Gasteiger partial charge in [0, 0.05) is 24.7 Å². The van der Waals surface area contributed by atoms with Crippen molar-refractivity contribution in [2.24, 2.45) is 0 Å². The number of amides is 2. The Morgan fingerprint density at radius 3 is 2.69 bits per heavy atom. The van der Waals surface area contributed by atoms with E-state index in [9.17, 15) is 9.59 Å². The van der Waals surface area contributed by atoms with Crippen LogP contribution in [0, 0.1) is 0 Å². The summed E-state index contributed by atoms with van der Waals surface area (Å²) in [6, 6.07) is 11.1. The minimum absolute atomic E-state index is 0.200. The van der Waals surface area contributed by atoms with Gasteiger partial charge in [0.1, 0.15) is 21.8 Å². The molecule has 0 bridgehead atoms. The minimum atomic E-state index is -1.09. The molecule has 4 rings (SSSR count).